The highest BCUT2D eigenvalue weighted by molar-refractivity contribution is 6.03. The van der Waals surface area contributed by atoms with Gasteiger partial charge >= 0.3 is 0 Å². The standard InChI is InChI=1S/C32H26F2N4O6/c1-16-27(30(35)40)17(2)38(20-8-6-19(33)7-9-20)32(41)28(16)23(39)14-18-5-10-24(21(34)13-18)44-25-11-12-36-22-15-26(42-3)31(43-4)37-29(22)25/h5-13,15H,14H2,1-4H3,(H2,35,40). The number of nitrogens with zero attached hydrogens (tertiary/aromatic N) is 3. The highest BCUT2D eigenvalue weighted by atomic mass is 19.1. The molecule has 0 radical (unpaired) electrons. The van der Waals surface area contributed by atoms with Crippen molar-refractivity contribution in [3.8, 4) is 28.8 Å². The third-order valence-electron chi connectivity index (χ3n) is 7.08. The summed E-state index contributed by atoms with van der Waals surface area (Å²) in [6.07, 6.45) is 1.11. The predicted octanol–water partition coefficient (Wildman–Crippen LogP) is 5.01. The van der Waals surface area contributed by atoms with Crippen LogP contribution in [0.4, 0.5) is 8.78 Å². The minimum atomic E-state index is -0.841. The summed E-state index contributed by atoms with van der Waals surface area (Å²) >= 11 is 0. The molecule has 2 aromatic carbocycles. The second-order valence-electron chi connectivity index (χ2n) is 9.79. The number of rotatable bonds is 9. The Kier molecular flexibility index (Phi) is 8.08. The van der Waals surface area contributed by atoms with E-state index >= 15 is 4.39 Å². The van der Waals surface area contributed by atoms with Gasteiger partial charge in [-0.3, -0.25) is 23.9 Å². The number of carbonyl (C=O) groups excluding carboxylic acids is 2. The Bertz CT molecular complexity index is 2010. The van der Waals surface area contributed by atoms with Gasteiger partial charge in [-0.15, -0.1) is 0 Å². The Hall–Kier alpha value is -5.65. The first-order valence-electron chi connectivity index (χ1n) is 13.2. The molecule has 12 heteroatoms. The number of benzene rings is 2. The van der Waals surface area contributed by atoms with Crippen LogP contribution in [0, 0.1) is 25.5 Å². The first-order valence-corrected chi connectivity index (χ1v) is 13.2. The van der Waals surface area contributed by atoms with Crippen molar-refractivity contribution in [1.29, 1.82) is 0 Å². The number of carbonyl (C=O) groups is 2. The van der Waals surface area contributed by atoms with E-state index in [1.54, 1.807) is 6.07 Å². The molecule has 5 rings (SSSR count). The molecule has 44 heavy (non-hydrogen) atoms. The Morgan fingerprint density at radius 3 is 2.27 bits per heavy atom. The van der Waals surface area contributed by atoms with Gasteiger partial charge in [-0.2, -0.15) is 0 Å². The zero-order chi connectivity index (χ0) is 31.7. The number of fused-ring (bicyclic) bond motifs is 1. The number of hydrogen-bond acceptors (Lipinski definition) is 8. The quantitative estimate of drug-likeness (QED) is 0.233. The summed E-state index contributed by atoms with van der Waals surface area (Å²) in [5.41, 5.74) is 6.13. The fourth-order valence-corrected chi connectivity index (χ4v) is 5.04. The average Bonchev–Trinajstić information content (AvgIpc) is 2.98. The molecule has 3 heterocycles. The van der Waals surface area contributed by atoms with Crippen LogP contribution in [0.1, 0.15) is 37.5 Å². The third kappa shape index (κ3) is 5.44. The van der Waals surface area contributed by atoms with Crippen LogP contribution in [-0.2, 0) is 6.42 Å². The number of hydrogen-bond donors (Lipinski definition) is 1. The summed E-state index contributed by atoms with van der Waals surface area (Å²) in [6.45, 7) is 2.96. The number of pyridine rings is 3. The summed E-state index contributed by atoms with van der Waals surface area (Å²) in [7, 11) is 2.89. The second kappa shape index (κ2) is 11.9. The van der Waals surface area contributed by atoms with E-state index in [4.69, 9.17) is 19.9 Å². The summed E-state index contributed by atoms with van der Waals surface area (Å²) in [4.78, 5) is 48.1. The van der Waals surface area contributed by atoms with E-state index in [1.165, 1.54) is 64.6 Å². The maximum atomic E-state index is 15.3. The number of aromatic nitrogens is 3. The molecule has 10 nitrogen and oxygen atoms in total. The van der Waals surface area contributed by atoms with Gasteiger partial charge in [0.1, 0.15) is 11.3 Å². The fraction of sp³-hybridized carbons (Fsp3) is 0.156. The van der Waals surface area contributed by atoms with Crippen molar-refractivity contribution in [2.45, 2.75) is 20.3 Å². The molecule has 0 fully saturated rings. The first kappa shape index (κ1) is 29.8. The molecular formula is C32H26F2N4O6. The van der Waals surface area contributed by atoms with Crippen LogP contribution in [0.15, 0.2) is 65.6 Å². The molecule has 0 aliphatic heterocycles. The van der Waals surface area contributed by atoms with Gasteiger partial charge in [-0.25, -0.2) is 13.8 Å². The lowest BCUT2D eigenvalue weighted by Gasteiger charge is -2.18. The molecule has 3 aromatic heterocycles. The molecule has 0 saturated carbocycles. The molecule has 5 aromatic rings. The predicted molar refractivity (Wildman–Crippen MR) is 157 cm³/mol. The SMILES string of the molecule is COc1cc2nccc(Oc3ccc(CC(=O)c4c(C)c(C(N)=O)c(C)n(-c5ccc(F)cc5)c4=O)cc3F)c2nc1OC. The molecule has 0 bridgehead atoms. The van der Waals surface area contributed by atoms with Crippen LogP contribution in [0.3, 0.4) is 0 Å². The molecule has 0 aliphatic rings. The van der Waals surface area contributed by atoms with Crippen LogP contribution in [0.25, 0.3) is 16.7 Å². The number of ether oxygens (including phenoxy) is 3. The zero-order valence-electron chi connectivity index (χ0n) is 24.1. The lowest BCUT2D eigenvalue weighted by atomic mass is 9.95. The van der Waals surface area contributed by atoms with E-state index < -0.39 is 28.9 Å². The van der Waals surface area contributed by atoms with Crippen molar-refractivity contribution in [2.75, 3.05) is 14.2 Å². The van der Waals surface area contributed by atoms with Crippen LogP contribution in [0.5, 0.6) is 23.1 Å². The third-order valence-corrected chi connectivity index (χ3v) is 7.08. The van der Waals surface area contributed by atoms with Crippen molar-refractivity contribution in [3.63, 3.8) is 0 Å². The van der Waals surface area contributed by atoms with Gasteiger partial charge in [0.25, 0.3) is 17.3 Å². The topological polar surface area (TPSA) is 136 Å². The van der Waals surface area contributed by atoms with Crippen molar-refractivity contribution in [1.82, 2.24) is 14.5 Å². The number of ketones is 1. The van der Waals surface area contributed by atoms with E-state index in [-0.39, 0.29) is 57.4 Å². The Morgan fingerprint density at radius 2 is 1.64 bits per heavy atom. The van der Waals surface area contributed by atoms with Gasteiger partial charge < -0.3 is 19.9 Å². The van der Waals surface area contributed by atoms with Crippen LogP contribution in [-0.4, -0.2) is 40.4 Å². The smallest absolute Gasteiger partial charge is 0.266 e. The van der Waals surface area contributed by atoms with Crippen LogP contribution < -0.4 is 25.5 Å². The minimum absolute atomic E-state index is 0.0142. The molecule has 2 N–H and O–H groups in total. The van der Waals surface area contributed by atoms with Crippen LogP contribution >= 0.6 is 0 Å². The van der Waals surface area contributed by atoms with Gasteiger partial charge in [0.15, 0.2) is 28.8 Å². The molecule has 0 spiro atoms. The van der Waals surface area contributed by atoms with Crippen LogP contribution in [0.2, 0.25) is 0 Å². The van der Waals surface area contributed by atoms with Gasteiger partial charge in [-0.05, 0) is 61.4 Å². The van der Waals surface area contributed by atoms with Gasteiger partial charge in [0.05, 0.1) is 30.9 Å². The lowest BCUT2D eigenvalue weighted by Crippen LogP contribution is -2.33. The zero-order valence-corrected chi connectivity index (χ0v) is 24.1. The Balaban J connectivity index is 1.48. The molecule has 0 unspecified atom stereocenters. The van der Waals surface area contributed by atoms with E-state index in [1.807, 2.05) is 0 Å². The largest absolute Gasteiger partial charge is 0.491 e. The Labute approximate surface area is 249 Å². The van der Waals surface area contributed by atoms with Crippen molar-refractivity contribution < 1.29 is 32.6 Å². The molecular weight excluding hydrogens is 574 g/mol. The number of Topliss-reactive ketones (excluding diaryl/α,β-unsaturated/α-hetero) is 1. The maximum absolute atomic E-state index is 15.3. The minimum Gasteiger partial charge on any atom is -0.491 e. The van der Waals surface area contributed by atoms with E-state index in [0.29, 0.717) is 16.8 Å². The van der Waals surface area contributed by atoms with Crippen molar-refractivity contribution >= 4 is 22.7 Å². The fourth-order valence-electron chi connectivity index (χ4n) is 5.04. The Morgan fingerprint density at radius 1 is 0.909 bits per heavy atom. The second-order valence-corrected chi connectivity index (χ2v) is 9.79. The monoisotopic (exact) mass is 600 g/mol. The van der Waals surface area contributed by atoms with Gasteiger partial charge in [0, 0.05) is 36.1 Å². The average molecular weight is 601 g/mol. The first-order chi connectivity index (χ1) is 21.0. The lowest BCUT2D eigenvalue weighted by molar-refractivity contribution is 0.0990. The van der Waals surface area contributed by atoms with Crippen molar-refractivity contribution in [3.05, 3.63) is 111 Å². The number of nitrogens with two attached hydrogens (primary N) is 1. The van der Waals surface area contributed by atoms with E-state index in [0.717, 1.165) is 22.8 Å². The summed E-state index contributed by atoms with van der Waals surface area (Å²) in [6, 6.07) is 12.1. The summed E-state index contributed by atoms with van der Waals surface area (Å²) in [5, 5.41) is 0. The van der Waals surface area contributed by atoms with Gasteiger partial charge in [0.2, 0.25) is 0 Å². The summed E-state index contributed by atoms with van der Waals surface area (Å²) < 4.78 is 46.3. The van der Waals surface area contributed by atoms with E-state index in [9.17, 15) is 18.8 Å². The number of primary amides is 1. The van der Waals surface area contributed by atoms with Gasteiger partial charge in [-0.1, -0.05) is 6.07 Å². The normalized spacial score (nSPS) is 11.0. The van der Waals surface area contributed by atoms with E-state index in [2.05, 4.69) is 9.97 Å². The highest BCUT2D eigenvalue weighted by Crippen LogP contribution is 2.35. The summed E-state index contributed by atoms with van der Waals surface area (Å²) in [5.74, 6) is -2.20. The molecule has 0 atom stereocenters. The molecule has 1 amide bonds. The highest BCUT2D eigenvalue weighted by Gasteiger charge is 2.25. The maximum Gasteiger partial charge on any atom is 0.266 e. The number of methoxy groups -OCH3 is 2. The number of amides is 1. The molecule has 0 aliphatic carbocycles. The molecule has 224 valence electrons. The number of halogens is 2. The van der Waals surface area contributed by atoms with Crippen molar-refractivity contribution in [2.24, 2.45) is 5.73 Å². The molecule has 0 saturated heterocycles.